The summed E-state index contributed by atoms with van der Waals surface area (Å²) in [4.78, 5) is 11.7. The number of carbonyl (C=O) groups excluding carboxylic acids is 1. The van der Waals surface area contributed by atoms with Crippen LogP contribution in [-0.2, 0) is 19.1 Å². The molecule has 120 valence electrons. The van der Waals surface area contributed by atoms with Crippen molar-refractivity contribution in [3.05, 3.63) is 42.1 Å². The molecule has 1 atom stereocenters. The van der Waals surface area contributed by atoms with Gasteiger partial charge in [0, 0.05) is 19.8 Å². The summed E-state index contributed by atoms with van der Waals surface area (Å²) in [6.07, 6.45) is 6.95. The average Bonchev–Trinajstić information content (AvgIpc) is 3.13. The third-order valence-electron chi connectivity index (χ3n) is 3.33. The topological polar surface area (TPSA) is 92.3 Å². The molecule has 2 aromatic rings. The van der Waals surface area contributed by atoms with Gasteiger partial charge < -0.3 is 20.2 Å². The van der Waals surface area contributed by atoms with Crippen LogP contribution >= 0.6 is 0 Å². The number of aliphatic hydroxyl groups is 1. The number of urea groups is 1. The third-order valence-corrected chi connectivity index (χ3v) is 3.33. The van der Waals surface area contributed by atoms with Gasteiger partial charge in [0.15, 0.2) is 0 Å². The molecule has 0 spiro atoms. The highest BCUT2D eigenvalue weighted by Crippen LogP contribution is 2.19. The first kappa shape index (κ1) is 16.1. The van der Waals surface area contributed by atoms with Gasteiger partial charge in [-0.15, -0.1) is 0 Å². The number of carbonyl (C=O) groups is 1. The smallest absolute Gasteiger partial charge is 0.314 e. The largest absolute Gasteiger partial charge is 0.466 e. The molecule has 0 unspecified atom stereocenters. The second-order valence-electron chi connectivity index (χ2n) is 5.49. The van der Waals surface area contributed by atoms with E-state index < -0.39 is 5.60 Å². The van der Waals surface area contributed by atoms with Gasteiger partial charge in [-0.1, -0.05) is 0 Å². The molecule has 0 aliphatic heterocycles. The molecule has 0 radical (unpaired) electrons. The van der Waals surface area contributed by atoms with E-state index in [-0.39, 0.29) is 12.6 Å². The van der Waals surface area contributed by atoms with Crippen LogP contribution < -0.4 is 10.6 Å². The summed E-state index contributed by atoms with van der Waals surface area (Å²) in [7, 11) is 1.88. The molecule has 2 rings (SSSR count). The highest BCUT2D eigenvalue weighted by Gasteiger charge is 2.26. The van der Waals surface area contributed by atoms with Gasteiger partial charge in [-0.3, -0.25) is 4.68 Å². The molecule has 3 N–H and O–H groups in total. The zero-order valence-corrected chi connectivity index (χ0v) is 12.9. The standard InChI is InChI=1S/C15H22N4O3/c1-15(21,13-6-4-8-22-13)11-17-14(20)16-7-3-5-12-9-18-19(2)10-12/h4,6,8-10,21H,3,5,7,11H2,1-2H3,(H2,16,17,20)/t15-/m0/s1. The lowest BCUT2D eigenvalue weighted by atomic mass is 10.0. The number of amides is 2. The van der Waals surface area contributed by atoms with Crippen molar-refractivity contribution in [1.29, 1.82) is 0 Å². The van der Waals surface area contributed by atoms with Crippen molar-refractivity contribution in [3.63, 3.8) is 0 Å². The molecule has 22 heavy (non-hydrogen) atoms. The molecular weight excluding hydrogens is 284 g/mol. The summed E-state index contributed by atoms with van der Waals surface area (Å²) in [6, 6.07) is 3.06. The van der Waals surface area contributed by atoms with E-state index in [0.717, 1.165) is 18.4 Å². The Balaban J connectivity index is 1.64. The Labute approximate surface area is 129 Å². The van der Waals surface area contributed by atoms with Gasteiger partial charge in [0.2, 0.25) is 0 Å². The van der Waals surface area contributed by atoms with Crippen LogP contribution in [0.2, 0.25) is 0 Å². The average molecular weight is 306 g/mol. The fourth-order valence-corrected chi connectivity index (χ4v) is 2.08. The normalized spacial score (nSPS) is 13.6. The van der Waals surface area contributed by atoms with Gasteiger partial charge in [0.25, 0.3) is 0 Å². The molecule has 0 aromatic carbocycles. The van der Waals surface area contributed by atoms with Gasteiger partial charge in [-0.25, -0.2) is 4.79 Å². The first-order valence-electron chi connectivity index (χ1n) is 7.23. The number of hydrogen-bond donors (Lipinski definition) is 3. The predicted molar refractivity (Wildman–Crippen MR) is 81.2 cm³/mol. The molecule has 0 bridgehead atoms. The zero-order valence-electron chi connectivity index (χ0n) is 12.9. The first-order valence-corrected chi connectivity index (χ1v) is 7.23. The van der Waals surface area contributed by atoms with Crippen molar-refractivity contribution in [2.24, 2.45) is 7.05 Å². The number of rotatable bonds is 7. The number of nitrogens with zero attached hydrogens (tertiary/aromatic N) is 2. The number of aryl methyl sites for hydroxylation is 2. The Morgan fingerprint density at radius 1 is 1.50 bits per heavy atom. The van der Waals surface area contributed by atoms with E-state index in [1.54, 1.807) is 23.7 Å². The highest BCUT2D eigenvalue weighted by molar-refractivity contribution is 5.73. The van der Waals surface area contributed by atoms with Gasteiger partial charge in [0.05, 0.1) is 19.0 Å². The van der Waals surface area contributed by atoms with Gasteiger partial charge in [0.1, 0.15) is 11.4 Å². The van der Waals surface area contributed by atoms with E-state index >= 15 is 0 Å². The molecule has 0 aliphatic rings. The monoisotopic (exact) mass is 306 g/mol. The molecule has 0 saturated carbocycles. The molecule has 2 amide bonds. The molecule has 0 fully saturated rings. The lowest BCUT2D eigenvalue weighted by Gasteiger charge is -2.21. The van der Waals surface area contributed by atoms with Crippen LogP contribution in [0.5, 0.6) is 0 Å². The van der Waals surface area contributed by atoms with Crippen molar-refractivity contribution >= 4 is 6.03 Å². The summed E-state index contributed by atoms with van der Waals surface area (Å²) in [5.74, 6) is 0.421. The summed E-state index contributed by atoms with van der Waals surface area (Å²) < 4.78 is 6.91. The molecule has 7 nitrogen and oxygen atoms in total. The number of hydrogen-bond acceptors (Lipinski definition) is 4. The minimum Gasteiger partial charge on any atom is -0.466 e. The lowest BCUT2D eigenvalue weighted by Crippen LogP contribution is -2.43. The summed E-state index contributed by atoms with van der Waals surface area (Å²) in [5, 5.41) is 19.7. The zero-order chi connectivity index (χ0) is 16.0. The molecule has 7 heteroatoms. The Kier molecular flexibility index (Phi) is 5.21. The van der Waals surface area contributed by atoms with E-state index in [1.807, 2.05) is 19.4 Å². The molecule has 2 heterocycles. The Morgan fingerprint density at radius 3 is 2.95 bits per heavy atom. The van der Waals surface area contributed by atoms with Crippen LogP contribution in [0.1, 0.15) is 24.7 Å². The maximum Gasteiger partial charge on any atom is 0.314 e. The minimum absolute atomic E-state index is 0.0783. The number of furan rings is 1. The number of nitrogens with one attached hydrogen (secondary N) is 2. The van der Waals surface area contributed by atoms with E-state index in [0.29, 0.717) is 12.3 Å². The van der Waals surface area contributed by atoms with Crippen LogP contribution in [0.15, 0.2) is 35.2 Å². The second kappa shape index (κ2) is 7.13. The SMILES string of the molecule is Cn1cc(CCCNC(=O)NC[C@](C)(O)c2ccco2)cn1. The Morgan fingerprint density at radius 2 is 2.32 bits per heavy atom. The highest BCUT2D eigenvalue weighted by atomic mass is 16.4. The van der Waals surface area contributed by atoms with Crippen LogP contribution in [0.4, 0.5) is 4.79 Å². The quantitative estimate of drug-likeness (QED) is 0.669. The Hall–Kier alpha value is -2.28. The maximum absolute atomic E-state index is 11.7. The van der Waals surface area contributed by atoms with Gasteiger partial charge >= 0.3 is 6.03 Å². The van der Waals surface area contributed by atoms with E-state index in [1.165, 1.54) is 6.26 Å². The predicted octanol–water partition coefficient (Wildman–Crippen LogP) is 1.15. The minimum atomic E-state index is -1.23. The molecular formula is C15H22N4O3. The molecule has 0 aliphatic carbocycles. The van der Waals surface area contributed by atoms with Crippen LogP contribution in [0.25, 0.3) is 0 Å². The maximum atomic E-state index is 11.7. The summed E-state index contributed by atoms with van der Waals surface area (Å²) >= 11 is 0. The van der Waals surface area contributed by atoms with Gasteiger partial charge in [-0.2, -0.15) is 5.10 Å². The molecule has 0 saturated heterocycles. The lowest BCUT2D eigenvalue weighted by molar-refractivity contribution is 0.0367. The van der Waals surface area contributed by atoms with Crippen LogP contribution in [-0.4, -0.2) is 34.0 Å². The van der Waals surface area contributed by atoms with Crippen molar-refractivity contribution in [3.8, 4) is 0 Å². The van der Waals surface area contributed by atoms with Crippen LogP contribution in [0.3, 0.4) is 0 Å². The van der Waals surface area contributed by atoms with Crippen molar-refractivity contribution in [2.75, 3.05) is 13.1 Å². The summed E-state index contributed by atoms with van der Waals surface area (Å²) in [6.45, 7) is 2.23. The van der Waals surface area contributed by atoms with Gasteiger partial charge in [-0.05, 0) is 37.5 Å². The van der Waals surface area contributed by atoms with Crippen molar-refractivity contribution < 1.29 is 14.3 Å². The fraction of sp³-hybridized carbons (Fsp3) is 0.467. The van der Waals surface area contributed by atoms with Crippen molar-refractivity contribution in [1.82, 2.24) is 20.4 Å². The van der Waals surface area contributed by atoms with Crippen molar-refractivity contribution in [2.45, 2.75) is 25.4 Å². The van der Waals surface area contributed by atoms with E-state index in [4.69, 9.17) is 4.42 Å². The number of aromatic nitrogens is 2. The Bertz CT molecular complexity index is 590. The van der Waals surface area contributed by atoms with E-state index in [9.17, 15) is 9.90 Å². The summed E-state index contributed by atoms with van der Waals surface area (Å²) in [5.41, 5.74) is -0.0817. The first-order chi connectivity index (χ1) is 10.5. The molecule has 2 aromatic heterocycles. The van der Waals surface area contributed by atoms with Crippen LogP contribution in [0, 0.1) is 0 Å². The fourth-order valence-electron chi connectivity index (χ4n) is 2.08. The third kappa shape index (κ3) is 4.63. The second-order valence-corrected chi connectivity index (χ2v) is 5.49. The van der Waals surface area contributed by atoms with E-state index in [2.05, 4.69) is 15.7 Å².